The lowest BCUT2D eigenvalue weighted by atomic mass is 10.2. The average Bonchev–Trinajstić information content (AvgIpc) is 2.77. The SMILES string of the molecule is O=c1[nH]cnc(NCCC2CCCO2)c1I. The van der Waals surface area contributed by atoms with Crippen LogP contribution < -0.4 is 10.9 Å². The molecule has 1 atom stereocenters. The van der Waals surface area contributed by atoms with Gasteiger partial charge in [0.05, 0.1) is 12.4 Å². The Kier molecular flexibility index (Phi) is 4.16. The highest BCUT2D eigenvalue weighted by molar-refractivity contribution is 14.1. The fourth-order valence-electron chi connectivity index (χ4n) is 1.73. The molecule has 2 rings (SSSR count). The first kappa shape index (κ1) is 11.8. The molecule has 1 aliphatic rings. The van der Waals surface area contributed by atoms with Crippen LogP contribution in [-0.2, 0) is 4.74 Å². The van der Waals surface area contributed by atoms with Gasteiger partial charge in [-0.15, -0.1) is 0 Å². The summed E-state index contributed by atoms with van der Waals surface area (Å²) >= 11 is 1.99. The number of hydrogen-bond acceptors (Lipinski definition) is 4. The van der Waals surface area contributed by atoms with Gasteiger partial charge in [0, 0.05) is 13.2 Å². The molecule has 0 radical (unpaired) electrons. The average molecular weight is 335 g/mol. The van der Waals surface area contributed by atoms with Gasteiger partial charge in [-0.05, 0) is 41.9 Å². The second-order valence-electron chi connectivity index (χ2n) is 3.74. The first-order chi connectivity index (χ1) is 7.77. The molecule has 2 heterocycles. The van der Waals surface area contributed by atoms with Crippen LogP contribution in [0, 0.1) is 3.57 Å². The zero-order valence-electron chi connectivity index (χ0n) is 8.83. The van der Waals surface area contributed by atoms with E-state index in [2.05, 4.69) is 15.3 Å². The van der Waals surface area contributed by atoms with Crippen LogP contribution in [-0.4, -0.2) is 29.2 Å². The smallest absolute Gasteiger partial charge is 0.266 e. The van der Waals surface area contributed by atoms with Gasteiger partial charge in [-0.2, -0.15) is 0 Å². The number of halogens is 1. The van der Waals surface area contributed by atoms with E-state index in [0.29, 0.717) is 15.5 Å². The van der Waals surface area contributed by atoms with Gasteiger partial charge in [-0.3, -0.25) is 4.79 Å². The summed E-state index contributed by atoms with van der Waals surface area (Å²) in [6.45, 7) is 1.67. The molecule has 0 spiro atoms. The molecule has 1 aliphatic heterocycles. The number of rotatable bonds is 4. The predicted molar refractivity (Wildman–Crippen MR) is 69.7 cm³/mol. The van der Waals surface area contributed by atoms with E-state index in [4.69, 9.17) is 4.74 Å². The third kappa shape index (κ3) is 2.94. The van der Waals surface area contributed by atoms with Gasteiger partial charge < -0.3 is 15.0 Å². The first-order valence-corrected chi connectivity index (χ1v) is 6.44. The quantitative estimate of drug-likeness (QED) is 0.816. The summed E-state index contributed by atoms with van der Waals surface area (Å²) in [5.41, 5.74) is -0.102. The second kappa shape index (κ2) is 5.62. The molecule has 0 amide bonds. The monoisotopic (exact) mass is 335 g/mol. The highest BCUT2D eigenvalue weighted by Gasteiger charge is 2.15. The van der Waals surface area contributed by atoms with Crippen molar-refractivity contribution in [2.75, 3.05) is 18.5 Å². The number of aromatic nitrogens is 2. The Labute approximate surface area is 107 Å². The van der Waals surface area contributed by atoms with Crippen LogP contribution >= 0.6 is 22.6 Å². The van der Waals surface area contributed by atoms with Crippen molar-refractivity contribution in [3.63, 3.8) is 0 Å². The van der Waals surface area contributed by atoms with Gasteiger partial charge in [0.2, 0.25) is 0 Å². The minimum atomic E-state index is -0.102. The van der Waals surface area contributed by atoms with Crippen molar-refractivity contribution >= 4 is 28.4 Å². The summed E-state index contributed by atoms with van der Waals surface area (Å²) in [6, 6.07) is 0. The lowest BCUT2D eigenvalue weighted by molar-refractivity contribution is 0.107. The molecule has 0 aromatic carbocycles. The molecule has 0 saturated carbocycles. The predicted octanol–water partition coefficient (Wildman–Crippen LogP) is 1.36. The van der Waals surface area contributed by atoms with E-state index in [9.17, 15) is 4.79 Å². The fourth-order valence-corrected chi connectivity index (χ4v) is 2.22. The van der Waals surface area contributed by atoms with Crippen LogP contribution in [0.2, 0.25) is 0 Å². The van der Waals surface area contributed by atoms with Crippen molar-refractivity contribution in [3.8, 4) is 0 Å². The molecule has 0 bridgehead atoms. The van der Waals surface area contributed by atoms with Gasteiger partial charge in [0.1, 0.15) is 9.39 Å². The molecule has 88 valence electrons. The second-order valence-corrected chi connectivity index (χ2v) is 4.82. The minimum absolute atomic E-state index is 0.102. The number of nitrogens with one attached hydrogen (secondary N) is 2. The van der Waals surface area contributed by atoms with Crippen molar-refractivity contribution in [3.05, 3.63) is 20.3 Å². The third-order valence-electron chi connectivity index (χ3n) is 2.58. The van der Waals surface area contributed by atoms with Gasteiger partial charge in [-0.25, -0.2) is 4.98 Å². The molecule has 16 heavy (non-hydrogen) atoms. The van der Waals surface area contributed by atoms with E-state index in [1.54, 1.807) is 0 Å². The van der Waals surface area contributed by atoms with Crippen LogP contribution in [0.3, 0.4) is 0 Å². The van der Waals surface area contributed by atoms with Gasteiger partial charge >= 0.3 is 0 Å². The molecule has 1 unspecified atom stereocenters. The standard InChI is InChI=1S/C10H14IN3O2/c11-8-9(13-6-14-10(8)15)12-4-3-7-2-1-5-16-7/h6-7H,1-5H2,(H2,12,13,14,15). The number of nitrogens with zero attached hydrogens (tertiary/aromatic N) is 1. The summed E-state index contributed by atoms with van der Waals surface area (Å²) in [5, 5.41) is 3.16. The molecular weight excluding hydrogens is 321 g/mol. The maximum absolute atomic E-state index is 11.3. The molecular formula is C10H14IN3O2. The maximum Gasteiger partial charge on any atom is 0.266 e. The number of aromatic amines is 1. The number of ether oxygens (including phenoxy) is 1. The summed E-state index contributed by atoms with van der Waals surface area (Å²) in [6.07, 6.45) is 5.04. The normalized spacial score (nSPS) is 19.9. The molecule has 5 nitrogen and oxygen atoms in total. The van der Waals surface area contributed by atoms with E-state index >= 15 is 0 Å². The summed E-state index contributed by atoms with van der Waals surface area (Å²) in [7, 11) is 0. The highest BCUT2D eigenvalue weighted by Crippen LogP contribution is 2.15. The zero-order valence-corrected chi connectivity index (χ0v) is 11.0. The lowest BCUT2D eigenvalue weighted by Crippen LogP contribution is -2.17. The topological polar surface area (TPSA) is 67.0 Å². The van der Waals surface area contributed by atoms with Crippen molar-refractivity contribution in [1.29, 1.82) is 0 Å². The number of hydrogen-bond donors (Lipinski definition) is 2. The fraction of sp³-hybridized carbons (Fsp3) is 0.600. The number of H-pyrrole nitrogens is 1. The Morgan fingerprint density at radius 2 is 2.56 bits per heavy atom. The van der Waals surface area contributed by atoms with E-state index in [1.807, 2.05) is 22.6 Å². The van der Waals surface area contributed by atoms with Crippen molar-refractivity contribution in [2.45, 2.75) is 25.4 Å². The van der Waals surface area contributed by atoms with Crippen LogP contribution in [0.4, 0.5) is 5.82 Å². The van der Waals surface area contributed by atoms with Crippen molar-refractivity contribution in [1.82, 2.24) is 9.97 Å². The summed E-state index contributed by atoms with van der Waals surface area (Å²) in [4.78, 5) is 17.9. The molecule has 1 aromatic heterocycles. The van der Waals surface area contributed by atoms with E-state index in [-0.39, 0.29) is 5.56 Å². The van der Waals surface area contributed by atoms with Gasteiger partial charge in [-0.1, -0.05) is 0 Å². The third-order valence-corrected chi connectivity index (χ3v) is 3.58. The molecule has 0 aliphatic carbocycles. The summed E-state index contributed by atoms with van der Waals surface area (Å²) < 4.78 is 6.12. The van der Waals surface area contributed by atoms with Crippen molar-refractivity contribution in [2.24, 2.45) is 0 Å². The molecule has 1 aromatic rings. The molecule has 1 fully saturated rings. The Bertz CT molecular complexity index is 401. The lowest BCUT2D eigenvalue weighted by Gasteiger charge is -2.10. The highest BCUT2D eigenvalue weighted by atomic mass is 127. The van der Waals surface area contributed by atoms with Crippen LogP contribution in [0.1, 0.15) is 19.3 Å². The van der Waals surface area contributed by atoms with Crippen molar-refractivity contribution < 1.29 is 4.74 Å². The van der Waals surface area contributed by atoms with Gasteiger partial charge in [0.15, 0.2) is 0 Å². The molecule has 2 N–H and O–H groups in total. The van der Waals surface area contributed by atoms with Gasteiger partial charge in [0.25, 0.3) is 5.56 Å². The van der Waals surface area contributed by atoms with Crippen LogP contribution in [0.25, 0.3) is 0 Å². The van der Waals surface area contributed by atoms with E-state index in [1.165, 1.54) is 6.33 Å². The first-order valence-electron chi connectivity index (χ1n) is 5.36. The Morgan fingerprint density at radius 3 is 3.31 bits per heavy atom. The van der Waals surface area contributed by atoms with Crippen LogP contribution in [0.5, 0.6) is 0 Å². The maximum atomic E-state index is 11.3. The minimum Gasteiger partial charge on any atom is -0.378 e. The Hall–Kier alpha value is -0.630. The van der Waals surface area contributed by atoms with E-state index < -0.39 is 0 Å². The molecule has 6 heteroatoms. The van der Waals surface area contributed by atoms with E-state index in [0.717, 1.165) is 32.4 Å². The van der Waals surface area contributed by atoms with Crippen LogP contribution in [0.15, 0.2) is 11.1 Å². The number of anilines is 1. The Morgan fingerprint density at radius 1 is 1.69 bits per heavy atom. The zero-order chi connectivity index (χ0) is 11.4. The summed E-state index contributed by atoms with van der Waals surface area (Å²) in [5.74, 6) is 0.655. The largest absolute Gasteiger partial charge is 0.378 e. The molecule has 1 saturated heterocycles. The Balaban J connectivity index is 1.84.